The first-order valence-corrected chi connectivity index (χ1v) is 6.66. The van der Waals surface area contributed by atoms with Crippen LogP contribution in [0.3, 0.4) is 0 Å². The minimum Gasteiger partial charge on any atom is -0.508 e. The molecule has 0 aromatic heterocycles. The normalized spacial score (nSPS) is 13.4. The van der Waals surface area contributed by atoms with Crippen LogP contribution in [-0.2, 0) is 0 Å². The zero-order chi connectivity index (χ0) is 14.5. The van der Waals surface area contributed by atoms with Gasteiger partial charge in [-0.15, -0.1) is 0 Å². The van der Waals surface area contributed by atoms with Gasteiger partial charge >= 0.3 is 0 Å². The van der Waals surface area contributed by atoms with Crippen molar-refractivity contribution < 1.29 is 5.11 Å². The molecule has 102 valence electrons. The largest absolute Gasteiger partial charge is 0.508 e. The minimum absolute atomic E-state index is 0.0434. The molecule has 2 aromatic rings. The predicted molar refractivity (Wildman–Crippen MR) is 79.2 cm³/mol. The minimum atomic E-state index is 0.0434. The smallest absolute Gasteiger partial charge is 0.120 e. The van der Waals surface area contributed by atoms with Crippen LogP contribution in [0.4, 0.5) is 0 Å². The first kappa shape index (κ1) is 14.1. The number of hydrogen-bond donors (Lipinski definition) is 2. The van der Waals surface area contributed by atoms with Crippen molar-refractivity contribution in [2.45, 2.75) is 25.9 Å². The molecule has 0 saturated heterocycles. The summed E-state index contributed by atoms with van der Waals surface area (Å²) in [7, 11) is 0. The van der Waals surface area contributed by atoms with Crippen LogP contribution in [0.5, 0.6) is 5.75 Å². The number of phenolic OH excluding ortho intramolecular Hbond substituents is 1. The molecule has 2 unspecified atom stereocenters. The van der Waals surface area contributed by atoms with Gasteiger partial charge in [-0.1, -0.05) is 30.3 Å². The molecule has 0 bridgehead atoms. The lowest BCUT2D eigenvalue weighted by molar-refractivity contribution is 0.438. The fraction of sp³-hybridized carbons (Fsp3) is 0.235. The second kappa shape index (κ2) is 6.23. The van der Waals surface area contributed by atoms with E-state index in [2.05, 4.69) is 18.3 Å². The van der Waals surface area contributed by atoms with E-state index in [-0.39, 0.29) is 12.1 Å². The molecule has 0 aliphatic rings. The average Bonchev–Trinajstić information content (AvgIpc) is 2.47. The summed E-state index contributed by atoms with van der Waals surface area (Å²) in [6.07, 6.45) is 0. The van der Waals surface area contributed by atoms with Gasteiger partial charge in [0.2, 0.25) is 0 Å². The molecule has 0 saturated carbocycles. The Balaban J connectivity index is 2.09. The lowest BCUT2D eigenvalue weighted by Gasteiger charge is -2.21. The molecular weight excluding hydrogens is 248 g/mol. The van der Waals surface area contributed by atoms with Crippen LogP contribution < -0.4 is 5.32 Å². The SMILES string of the molecule is CC(NC(C)c1ccccc1O)c1ccc(C#N)cc1. The Labute approximate surface area is 119 Å². The van der Waals surface area contributed by atoms with E-state index < -0.39 is 0 Å². The molecule has 2 atom stereocenters. The maximum absolute atomic E-state index is 9.86. The van der Waals surface area contributed by atoms with E-state index in [1.54, 1.807) is 6.07 Å². The van der Waals surface area contributed by atoms with Gasteiger partial charge in [0.25, 0.3) is 0 Å². The van der Waals surface area contributed by atoms with Crippen molar-refractivity contribution in [2.24, 2.45) is 0 Å². The van der Waals surface area contributed by atoms with Crippen molar-refractivity contribution in [1.29, 1.82) is 5.26 Å². The van der Waals surface area contributed by atoms with E-state index in [0.717, 1.165) is 11.1 Å². The second-order valence-corrected chi connectivity index (χ2v) is 4.90. The first-order valence-electron chi connectivity index (χ1n) is 6.66. The van der Waals surface area contributed by atoms with E-state index in [1.165, 1.54) is 0 Å². The Hall–Kier alpha value is -2.31. The third-order valence-electron chi connectivity index (χ3n) is 3.44. The summed E-state index contributed by atoms with van der Waals surface area (Å²) in [4.78, 5) is 0. The first-order chi connectivity index (χ1) is 9.61. The molecule has 0 fully saturated rings. The van der Waals surface area contributed by atoms with Crippen LogP contribution in [0.25, 0.3) is 0 Å². The van der Waals surface area contributed by atoms with Crippen molar-refractivity contribution in [3.05, 3.63) is 65.2 Å². The van der Waals surface area contributed by atoms with Crippen LogP contribution >= 0.6 is 0 Å². The third kappa shape index (κ3) is 3.17. The van der Waals surface area contributed by atoms with Crippen molar-refractivity contribution in [1.82, 2.24) is 5.32 Å². The van der Waals surface area contributed by atoms with Crippen LogP contribution in [0, 0.1) is 11.3 Å². The van der Waals surface area contributed by atoms with Gasteiger partial charge in [-0.05, 0) is 37.6 Å². The lowest BCUT2D eigenvalue weighted by Crippen LogP contribution is -2.22. The predicted octanol–water partition coefficient (Wildman–Crippen LogP) is 3.68. The number of rotatable bonds is 4. The van der Waals surface area contributed by atoms with Crippen LogP contribution in [-0.4, -0.2) is 5.11 Å². The van der Waals surface area contributed by atoms with Gasteiger partial charge in [-0.2, -0.15) is 5.26 Å². The average molecular weight is 266 g/mol. The molecule has 0 spiro atoms. The fourth-order valence-electron chi connectivity index (χ4n) is 2.26. The van der Waals surface area contributed by atoms with Gasteiger partial charge in [0.15, 0.2) is 0 Å². The Morgan fingerprint density at radius 1 is 1.00 bits per heavy atom. The summed E-state index contributed by atoms with van der Waals surface area (Å²) in [6, 6.07) is 17.2. The number of nitrogens with zero attached hydrogens (tertiary/aromatic N) is 1. The summed E-state index contributed by atoms with van der Waals surface area (Å²) in [5.41, 5.74) is 2.66. The highest BCUT2D eigenvalue weighted by Crippen LogP contribution is 2.25. The Morgan fingerprint density at radius 2 is 1.65 bits per heavy atom. The number of hydrogen-bond acceptors (Lipinski definition) is 3. The van der Waals surface area contributed by atoms with E-state index in [1.807, 2.05) is 49.4 Å². The van der Waals surface area contributed by atoms with Crippen molar-refractivity contribution in [3.8, 4) is 11.8 Å². The Morgan fingerprint density at radius 3 is 2.25 bits per heavy atom. The summed E-state index contributed by atoms with van der Waals surface area (Å²) >= 11 is 0. The lowest BCUT2D eigenvalue weighted by atomic mass is 10.0. The van der Waals surface area contributed by atoms with E-state index in [0.29, 0.717) is 11.3 Å². The summed E-state index contributed by atoms with van der Waals surface area (Å²) < 4.78 is 0. The molecule has 2 N–H and O–H groups in total. The molecule has 20 heavy (non-hydrogen) atoms. The quantitative estimate of drug-likeness (QED) is 0.887. The number of para-hydroxylation sites is 1. The maximum Gasteiger partial charge on any atom is 0.120 e. The van der Waals surface area contributed by atoms with Crippen LogP contribution in [0.15, 0.2) is 48.5 Å². The topological polar surface area (TPSA) is 56.0 Å². The van der Waals surface area contributed by atoms with Gasteiger partial charge < -0.3 is 10.4 Å². The number of nitriles is 1. The molecule has 2 aromatic carbocycles. The van der Waals surface area contributed by atoms with E-state index in [9.17, 15) is 5.11 Å². The molecule has 3 nitrogen and oxygen atoms in total. The summed E-state index contributed by atoms with van der Waals surface area (Å²) in [6.45, 7) is 4.09. The highest BCUT2D eigenvalue weighted by Gasteiger charge is 2.13. The Bertz CT molecular complexity index is 614. The second-order valence-electron chi connectivity index (χ2n) is 4.90. The highest BCUT2D eigenvalue weighted by molar-refractivity contribution is 5.35. The monoisotopic (exact) mass is 266 g/mol. The molecule has 0 heterocycles. The third-order valence-corrected chi connectivity index (χ3v) is 3.44. The van der Waals surface area contributed by atoms with Gasteiger partial charge in [0, 0.05) is 17.6 Å². The molecule has 0 aliphatic carbocycles. The van der Waals surface area contributed by atoms with Crippen molar-refractivity contribution >= 4 is 0 Å². The van der Waals surface area contributed by atoms with Gasteiger partial charge in [-0.3, -0.25) is 0 Å². The standard InChI is InChI=1S/C17H18N2O/c1-12(15-9-7-14(11-18)8-10-15)19-13(2)16-5-3-4-6-17(16)20/h3-10,12-13,19-20H,1-2H3. The van der Waals surface area contributed by atoms with E-state index >= 15 is 0 Å². The number of phenols is 1. The highest BCUT2D eigenvalue weighted by atomic mass is 16.3. The summed E-state index contributed by atoms with van der Waals surface area (Å²) in [5.74, 6) is 0.305. The van der Waals surface area contributed by atoms with Gasteiger partial charge in [0.1, 0.15) is 5.75 Å². The van der Waals surface area contributed by atoms with Crippen molar-refractivity contribution in [3.63, 3.8) is 0 Å². The fourth-order valence-corrected chi connectivity index (χ4v) is 2.26. The number of nitrogens with one attached hydrogen (secondary N) is 1. The van der Waals surface area contributed by atoms with Crippen molar-refractivity contribution in [2.75, 3.05) is 0 Å². The van der Waals surface area contributed by atoms with Gasteiger partial charge in [-0.25, -0.2) is 0 Å². The molecule has 0 radical (unpaired) electrons. The van der Waals surface area contributed by atoms with Crippen LogP contribution in [0.2, 0.25) is 0 Å². The summed E-state index contributed by atoms with van der Waals surface area (Å²) in [5, 5.41) is 22.1. The molecule has 0 amide bonds. The van der Waals surface area contributed by atoms with E-state index in [4.69, 9.17) is 5.26 Å². The number of aromatic hydroxyl groups is 1. The van der Waals surface area contributed by atoms with Crippen LogP contribution in [0.1, 0.15) is 42.6 Å². The Kier molecular flexibility index (Phi) is 4.39. The van der Waals surface area contributed by atoms with Gasteiger partial charge in [0.05, 0.1) is 11.6 Å². The maximum atomic E-state index is 9.86. The molecule has 2 rings (SSSR count). The molecular formula is C17H18N2O. The number of benzene rings is 2. The zero-order valence-corrected chi connectivity index (χ0v) is 11.7. The molecule has 0 aliphatic heterocycles. The zero-order valence-electron chi connectivity index (χ0n) is 11.7. The molecule has 3 heteroatoms.